The van der Waals surface area contributed by atoms with Gasteiger partial charge in [-0.2, -0.15) is 0 Å². The van der Waals surface area contributed by atoms with Crippen LogP contribution in [0, 0.1) is 10.8 Å². The van der Waals surface area contributed by atoms with E-state index in [1.807, 2.05) is 48.5 Å². The van der Waals surface area contributed by atoms with Gasteiger partial charge >= 0.3 is 27.0 Å². The Hall–Kier alpha value is -0.717. The number of fused-ring (bicyclic) bond motifs is 2. The zero-order valence-corrected chi connectivity index (χ0v) is 18.8. The minimum atomic E-state index is -0.217. The summed E-state index contributed by atoms with van der Waals surface area (Å²) < 4.78 is 0. The van der Waals surface area contributed by atoms with Crippen molar-refractivity contribution in [1.29, 1.82) is 0 Å². The smallest absolute Gasteiger partial charge is 0.423 e. The second-order valence-electron chi connectivity index (χ2n) is 6.85. The number of hydrogen-bond acceptors (Lipinski definition) is 3. The number of phenolic OH excluding ortho intramolecular Hbond substituents is 1. The zero-order chi connectivity index (χ0) is 21.1. The maximum Gasteiger partial charge on any atom is -0.423 e. The molecule has 1 aliphatic carbocycles. The second kappa shape index (κ2) is 13.5. The normalized spacial score (nSPS) is 29.6. The van der Waals surface area contributed by atoms with E-state index in [9.17, 15) is 10.2 Å². The third-order valence-electron chi connectivity index (χ3n) is 4.99. The van der Waals surface area contributed by atoms with E-state index >= 15 is 0 Å². The van der Waals surface area contributed by atoms with E-state index < -0.39 is 0 Å². The van der Waals surface area contributed by atoms with Gasteiger partial charge in [-0.15, -0.1) is 23.7 Å². The quantitative estimate of drug-likeness (QED) is 0.249. The fourth-order valence-corrected chi connectivity index (χ4v) is 3.96. The molecule has 2 fully saturated rings. The largest absolute Gasteiger partial charge is 0.577 e. The number of phenols is 1. The molecule has 6 nitrogen and oxygen atoms in total. The molecule has 1 saturated carbocycles. The van der Waals surface area contributed by atoms with Crippen molar-refractivity contribution in [3.05, 3.63) is 51.0 Å². The van der Waals surface area contributed by atoms with Gasteiger partial charge in [-0.25, -0.2) is 0 Å². The summed E-state index contributed by atoms with van der Waals surface area (Å²) in [5.74, 6) is 0.882. The summed E-state index contributed by atoms with van der Waals surface area (Å²) in [6.45, 7) is 1.99. The number of piperidine rings is 1. The van der Waals surface area contributed by atoms with Gasteiger partial charge < -0.3 is 31.3 Å². The summed E-state index contributed by atoms with van der Waals surface area (Å²) in [6, 6.07) is 5.75. The molecule has 3 aliphatic rings. The van der Waals surface area contributed by atoms with Crippen LogP contribution in [0.5, 0.6) is 5.75 Å². The Morgan fingerprint density at radius 3 is 2.61 bits per heavy atom. The number of halogens is 2. The summed E-state index contributed by atoms with van der Waals surface area (Å²) in [5, 5.41) is 27.8. The van der Waals surface area contributed by atoms with Crippen LogP contribution in [0.1, 0.15) is 44.6 Å². The Labute approximate surface area is 185 Å². The Morgan fingerprint density at radius 1 is 1.18 bits per heavy atom. The van der Waals surface area contributed by atoms with Crippen molar-refractivity contribution in [1.82, 2.24) is 0 Å². The van der Waals surface area contributed by atoms with Crippen LogP contribution in [-0.2, 0) is 17.3 Å². The van der Waals surface area contributed by atoms with Gasteiger partial charge in [0, 0.05) is 6.10 Å². The number of nitroso groups, excluding NO2 is 1. The van der Waals surface area contributed by atoms with Gasteiger partial charge in [0.15, 0.2) is 0 Å². The predicted octanol–water partition coefficient (Wildman–Crippen LogP) is 6.07. The first-order valence-electron chi connectivity index (χ1n) is 9.09. The SMILES string of the molecule is CC1C=Cc2cccc(O)c2[N-]1.OC1CCCC2CCC(Cl)[N-]C12.[Cl][Ru+3].[N-]=O. The molecule has 2 N–H and O–H groups in total. The molecule has 1 saturated heterocycles. The summed E-state index contributed by atoms with van der Waals surface area (Å²) in [7, 11) is 4.57. The molecule has 5 unspecified atom stereocenters. The van der Waals surface area contributed by atoms with E-state index in [-0.39, 0.29) is 29.4 Å². The number of aromatic hydroxyl groups is 1. The van der Waals surface area contributed by atoms with E-state index in [2.05, 4.69) is 20.3 Å². The number of nitrogens with zero attached hydrogens (tertiary/aromatic N) is 3. The van der Waals surface area contributed by atoms with Gasteiger partial charge in [-0.3, -0.25) is 0 Å². The molecule has 2 heterocycles. The maximum atomic E-state index is 9.67. The molecule has 156 valence electrons. The van der Waals surface area contributed by atoms with Crippen LogP contribution in [0.2, 0.25) is 0 Å². The molecular formula is C19H25Cl2N3O3Ru. The Kier molecular flexibility index (Phi) is 12.2. The van der Waals surface area contributed by atoms with E-state index in [0.717, 1.165) is 31.2 Å². The third kappa shape index (κ3) is 7.27. The summed E-state index contributed by atoms with van der Waals surface area (Å²) in [4.78, 5) is 7.25. The number of aliphatic hydroxyl groups excluding tert-OH is 1. The number of aliphatic hydroxyl groups is 1. The topological polar surface area (TPSA) is 108 Å². The molecular weight excluding hydrogens is 490 g/mol. The van der Waals surface area contributed by atoms with Crippen LogP contribution >= 0.6 is 21.3 Å². The second-order valence-corrected chi connectivity index (χ2v) is 7.36. The van der Waals surface area contributed by atoms with E-state index in [1.165, 1.54) is 6.42 Å². The molecule has 4 rings (SSSR count). The molecule has 1 aromatic rings. The Bertz CT molecular complexity index is 624. The van der Waals surface area contributed by atoms with Gasteiger partial charge in [-0.05, 0) is 18.1 Å². The molecule has 9 heteroatoms. The van der Waals surface area contributed by atoms with Gasteiger partial charge in [0.05, 0.1) is 0 Å². The van der Waals surface area contributed by atoms with E-state index in [4.69, 9.17) is 22.1 Å². The molecule has 2 aliphatic heterocycles. The van der Waals surface area contributed by atoms with Crippen LogP contribution in [0.25, 0.3) is 22.3 Å². The van der Waals surface area contributed by atoms with E-state index in [0.29, 0.717) is 11.6 Å². The van der Waals surface area contributed by atoms with Crippen molar-refractivity contribution in [3.63, 3.8) is 0 Å². The third-order valence-corrected chi connectivity index (χ3v) is 5.33. The fraction of sp³-hybridized carbons (Fsp3) is 0.579. The number of para-hydroxylation sites is 1. The van der Waals surface area contributed by atoms with Gasteiger partial charge in [0.25, 0.3) is 0 Å². The van der Waals surface area contributed by atoms with Crippen LogP contribution < -0.4 is 0 Å². The minimum Gasteiger partial charge on any atom is -0.577 e. The molecule has 0 bridgehead atoms. The minimum absolute atomic E-state index is 0.0426. The average molecular weight is 515 g/mol. The van der Waals surface area contributed by atoms with Crippen molar-refractivity contribution in [2.24, 2.45) is 5.92 Å². The van der Waals surface area contributed by atoms with E-state index in [1.54, 1.807) is 6.07 Å². The Morgan fingerprint density at radius 2 is 1.89 bits per heavy atom. The van der Waals surface area contributed by atoms with Crippen LogP contribution in [-0.4, -0.2) is 33.9 Å². The summed E-state index contributed by atoms with van der Waals surface area (Å²) in [5.41, 5.74) is 7.42. The zero-order valence-electron chi connectivity index (χ0n) is 15.6. The fourth-order valence-electron chi connectivity index (χ4n) is 3.71. The molecule has 0 radical (unpaired) electrons. The standard InChI is InChI=1S/C10H10NO.C9H15ClNO.ClH.NO.Ru/c1-7-5-6-8-3-2-4-9(12)10(8)11-7;10-8-5-4-6-2-1-3-7(12)9(6)11-8;;1-2;/h2-7,12H,1H3;6-9,12H,1-5H2;1H;;/q2*-1;;-1;+4/p-1. The predicted molar refractivity (Wildman–Crippen MR) is 112 cm³/mol. The van der Waals surface area contributed by atoms with Crippen LogP contribution in [0.4, 0.5) is 5.69 Å². The van der Waals surface area contributed by atoms with Crippen molar-refractivity contribution in [2.75, 3.05) is 0 Å². The van der Waals surface area contributed by atoms with Crippen molar-refractivity contribution in [3.8, 4) is 5.75 Å². The van der Waals surface area contributed by atoms with Gasteiger partial charge in [-0.1, -0.05) is 74.0 Å². The molecule has 28 heavy (non-hydrogen) atoms. The average Bonchev–Trinajstić information content (AvgIpc) is 2.73. The van der Waals surface area contributed by atoms with Crippen molar-refractivity contribution >= 4 is 33.1 Å². The van der Waals surface area contributed by atoms with Crippen LogP contribution in [0.15, 0.2) is 24.3 Å². The molecule has 5 atom stereocenters. The number of hydrogen-bond donors (Lipinski definition) is 2. The van der Waals surface area contributed by atoms with Gasteiger partial charge in [0.1, 0.15) is 5.75 Å². The van der Waals surface area contributed by atoms with Gasteiger partial charge in [0.2, 0.25) is 0 Å². The van der Waals surface area contributed by atoms with Crippen molar-refractivity contribution < 1.29 is 27.5 Å². The van der Waals surface area contributed by atoms with Crippen molar-refractivity contribution in [2.45, 2.75) is 62.7 Å². The summed E-state index contributed by atoms with van der Waals surface area (Å²) >= 11 is 7.75. The first-order valence-corrected chi connectivity index (χ1v) is 11.8. The Balaban J connectivity index is 0.000000238. The molecule has 1 aromatic carbocycles. The van der Waals surface area contributed by atoms with Crippen LogP contribution in [0.3, 0.4) is 0 Å². The molecule has 0 aromatic heterocycles. The number of alkyl halides is 1. The molecule has 0 amide bonds. The first-order chi connectivity index (χ1) is 13.5. The number of rotatable bonds is 0. The number of benzene rings is 1. The maximum absolute atomic E-state index is 9.67. The first kappa shape index (κ1) is 25.3. The summed E-state index contributed by atoms with van der Waals surface area (Å²) in [6.07, 6.45) is 9.24. The monoisotopic (exact) mass is 515 g/mol. The molecule has 0 spiro atoms.